The molecular weight excluding hydrogens is 252 g/mol. The number of rotatable bonds is 4. The van der Waals surface area contributed by atoms with E-state index in [4.69, 9.17) is 4.74 Å². The summed E-state index contributed by atoms with van der Waals surface area (Å²) in [6.07, 6.45) is 1.30. The van der Waals surface area contributed by atoms with Crippen LogP contribution in [0.3, 0.4) is 0 Å². The molecule has 0 bridgehead atoms. The van der Waals surface area contributed by atoms with E-state index in [0.717, 1.165) is 5.69 Å². The van der Waals surface area contributed by atoms with Gasteiger partial charge in [0.05, 0.1) is 12.3 Å². The van der Waals surface area contributed by atoms with E-state index in [1.807, 2.05) is 13.8 Å². The molecule has 2 aromatic rings. The van der Waals surface area contributed by atoms with E-state index in [2.05, 4.69) is 19.7 Å². The summed E-state index contributed by atoms with van der Waals surface area (Å²) in [5.41, 5.74) is 1.13. The van der Waals surface area contributed by atoms with E-state index >= 15 is 0 Å². The second-order valence-corrected chi connectivity index (χ2v) is 4.27. The lowest BCUT2D eigenvalue weighted by Gasteiger charge is -2.04. The van der Waals surface area contributed by atoms with Crippen LogP contribution in [-0.2, 0) is 0 Å². The molecule has 0 atom stereocenters. The molecule has 6 nitrogen and oxygen atoms in total. The summed E-state index contributed by atoms with van der Waals surface area (Å²) in [4.78, 5) is 19.7. The maximum atomic E-state index is 11.9. The molecule has 1 amide bonds. The topological polar surface area (TPSA) is 77.0 Å². The minimum Gasteiger partial charge on any atom is -0.478 e. The third-order valence-electron chi connectivity index (χ3n) is 2.03. The molecule has 0 aliphatic carbocycles. The van der Waals surface area contributed by atoms with Gasteiger partial charge in [-0.3, -0.25) is 4.79 Å². The monoisotopic (exact) mass is 264 g/mol. The number of ether oxygens (including phenoxy) is 1. The second-order valence-electron chi connectivity index (χ2n) is 3.46. The van der Waals surface area contributed by atoms with Gasteiger partial charge in [-0.05, 0) is 31.4 Å². The Balaban J connectivity index is 2.11. The number of carbonyl (C=O) groups is 1. The molecule has 7 heteroatoms. The van der Waals surface area contributed by atoms with Gasteiger partial charge in [-0.25, -0.2) is 9.97 Å². The van der Waals surface area contributed by atoms with Crippen molar-refractivity contribution in [2.45, 2.75) is 13.8 Å². The molecule has 0 saturated heterocycles. The Bertz CT molecular complexity index is 555. The fraction of sp³-hybridized carbons (Fsp3) is 0.273. The van der Waals surface area contributed by atoms with Crippen molar-refractivity contribution in [2.24, 2.45) is 0 Å². The largest absolute Gasteiger partial charge is 0.478 e. The van der Waals surface area contributed by atoms with Crippen molar-refractivity contribution in [2.75, 3.05) is 11.9 Å². The number of anilines is 1. The lowest BCUT2D eigenvalue weighted by Crippen LogP contribution is -2.13. The summed E-state index contributed by atoms with van der Waals surface area (Å²) in [7, 11) is 0. The zero-order chi connectivity index (χ0) is 13.0. The summed E-state index contributed by atoms with van der Waals surface area (Å²) in [6, 6.07) is 3.31. The Morgan fingerprint density at radius 1 is 1.44 bits per heavy atom. The maximum Gasteiger partial charge on any atom is 0.275 e. The number of amides is 1. The molecule has 1 N–H and O–H groups in total. The van der Waals surface area contributed by atoms with E-state index < -0.39 is 0 Å². The number of nitrogens with one attached hydrogen (secondary N) is 1. The number of aryl methyl sites for hydroxylation is 1. The van der Waals surface area contributed by atoms with Gasteiger partial charge in [0.25, 0.3) is 5.91 Å². The number of carbonyl (C=O) groups excluding carboxylic acids is 1. The highest BCUT2D eigenvalue weighted by Crippen LogP contribution is 2.16. The van der Waals surface area contributed by atoms with Crippen molar-refractivity contribution < 1.29 is 9.53 Å². The molecule has 0 fully saturated rings. The predicted octanol–water partition coefficient (Wildman–Crippen LogP) is 1.89. The fourth-order valence-electron chi connectivity index (χ4n) is 1.29. The third kappa shape index (κ3) is 3.01. The van der Waals surface area contributed by atoms with Crippen LogP contribution in [-0.4, -0.2) is 26.9 Å². The molecule has 0 aliphatic heterocycles. The van der Waals surface area contributed by atoms with Crippen LogP contribution in [0.5, 0.6) is 5.88 Å². The van der Waals surface area contributed by atoms with Crippen molar-refractivity contribution in [3.63, 3.8) is 0 Å². The Morgan fingerprint density at radius 3 is 2.94 bits per heavy atom. The van der Waals surface area contributed by atoms with Crippen molar-refractivity contribution >= 4 is 22.4 Å². The predicted molar refractivity (Wildman–Crippen MR) is 68.0 cm³/mol. The second kappa shape index (κ2) is 5.54. The van der Waals surface area contributed by atoms with Crippen molar-refractivity contribution in [1.29, 1.82) is 0 Å². The molecule has 2 rings (SSSR count). The molecule has 2 aromatic heterocycles. The van der Waals surface area contributed by atoms with Gasteiger partial charge in [0.1, 0.15) is 17.0 Å². The quantitative estimate of drug-likeness (QED) is 0.912. The van der Waals surface area contributed by atoms with E-state index in [1.54, 1.807) is 6.07 Å². The lowest BCUT2D eigenvalue weighted by molar-refractivity contribution is 0.102. The summed E-state index contributed by atoms with van der Waals surface area (Å²) in [5.74, 6) is 0.0835. The molecule has 18 heavy (non-hydrogen) atoms. The number of hydrogen-bond acceptors (Lipinski definition) is 6. The van der Waals surface area contributed by atoms with E-state index in [0.29, 0.717) is 17.5 Å². The summed E-state index contributed by atoms with van der Waals surface area (Å²) in [6.45, 7) is 4.21. The molecule has 94 valence electrons. The average Bonchev–Trinajstić information content (AvgIpc) is 2.75. The summed E-state index contributed by atoms with van der Waals surface area (Å²) < 4.78 is 9.29. The molecule has 0 spiro atoms. The van der Waals surface area contributed by atoms with Crippen molar-refractivity contribution in [3.8, 4) is 5.88 Å². The minimum atomic E-state index is -0.304. The van der Waals surface area contributed by atoms with Crippen molar-refractivity contribution in [1.82, 2.24) is 14.3 Å². The van der Waals surface area contributed by atoms with E-state index in [-0.39, 0.29) is 11.6 Å². The molecule has 0 saturated carbocycles. The molecule has 0 aromatic carbocycles. The van der Waals surface area contributed by atoms with Crippen LogP contribution in [0.15, 0.2) is 18.5 Å². The first kappa shape index (κ1) is 12.4. The number of aromatic nitrogens is 3. The fourth-order valence-corrected chi connectivity index (χ4v) is 1.95. The zero-order valence-corrected chi connectivity index (χ0v) is 10.8. The highest BCUT2D eigenvalue weighted by Gasteiger charge is 2.10. The molecule has 0 aliphatic rings. The first-order chi connectivity index (χ1) is 8.69. The van der Waals surface area contributed by atoms with Gasteiger partial charge in [0, 0.05) is 6.07 Å². The third-order valence-corrected chi connectivity index (χ3v) is 2.83. The summed E-state index contributed by atoms with van der Waals surface area (Å²) in [5, 5.41) is 3.41. The molecule has 0 unspecified atom stereocenters. The van der Waals surface area contributed by atoms with Crippen LogP contribution in [0, 0.1) is 6.92 Å². The van der Waals surface area contributed by atoms with Crippen LogP contribution in [0.2, 0.25) is 0 Å². The van der Waals surface area contributed by atoms with E-state index in [9.17, 15) is 4.79 Å². The summed E-state index contributed by atoms with van der Waals surface area (Å²) >= 11 is 1.23. The van der Waals surface area contributed by atoms with Gasteiger partial charge in [-0.2, -0.15) is 4.37 Å². The zero-order valence-electron chi connectivity index (χ0n) is 10.0. The van der Waals surface area contributed by atoms with E-state index in [1.165, 1.54) is 23.9 Å². The normalized spacial score (nSPS) is 10.1. The Labute approximate surface area is 108 Å². The van der Waals surface area contributed by atoms with Crippen molar-refractivity contribution in [3.05, 3.63) is 29.8 Å². The lowest BCUT2D eigenvalue weighted by atomic mass is 10.3. The number of nitrogens with zero attached hydrogens (tertiary/aromatic N) is 3. The smallest absolute Gasteiger partial charge is 0.275 e. The highest BCUT2D eigenvalue weighted by molar-refractivity contribution is 7.10. The highest BCUT2D eigenvalue weighted by atomic mass is 32.1. The average molecular weight is 264 g/mol. The van der Waals surface area contributed by atoms with Gasteiger partial charge in [0.15, 0.2) is 0 Å². The Kier molecular flexibility index (Phi) is 3.83. The first-order valence-corrected chi connectivity index (χ1v) is 6.16. The number of hydrogen-bond donors (Lipinski definition) is 1. The molecule has 0 radical (unpaired) electrons. The maximum absolute atomic E-state index is 11.9. The minimum absolute atomic E-state index is 0.263. The first-order valence-electron chi connectivity index (χ1n) is 5.38. The van der Waals surface area contributed by atoms with Crippen LogP contribution >= 0.6 is 11.5 Å². The van der Waals surface area contributed by atoms with Crippen LogP contribution in [0.1, 0.15) is 23.1 Å². The standard InChI is InChI=1S/C11H12N4O2S/c1-3-17-9-5-8(12-6-13-9)11(16)14-10-4-7(2)15-18-10/h4-6H,3H2,1-2H3,(H,14,16). The van der Waals surface area contributed by atoms with Gasteiger partial charge >= 0.3 is 0 Å². The Hall–Kier alpha value is -2.02. The van der Waals surface area contributed by atoms with Gasteiger partial charge in [0.2, 0.25) is 5.88 Å². The van der Waals surface area contributed by atoms with Gasteiger partial charge < -0.3 is 10.1 Å². The van der Waals surface area contributed by atoms with Crippen LogP contribution in [0.25, 0.3) is 0 Å². The van der Waals surface area contributed by atoms with Gasteiger partial charge in [-0.1, -0.05) is 0 Å². The van der Waals surface area contributed by atoms with Crippen LogP contribution < -0.4 is 10.1 Å². The molecule has 2 heterocycles. The van der Waals surface area contributed by atoms with Gasteiger partial charge in [-0.15, -0.1) is 0 Å². The molecular formula is C11H12N4O2S. The van der Waals surface area contributed by atoms with Crippen LogP contribution in [0.4, 0.5) is 5.00 Å². The Morgan fingerprint density at radius 2 is 2.28 bits per heavy atom. The SMILES string of the molecule is CCOc1cc(C(=O)Nc2cc(C)ns2)ncn1.